The topological polar surface area (TPSA) is 64.3 Å². The van der Waals surface area contributed by atoms with Crippen LogP contribution in [-0.2, 0) is 9.53 Å². The molecule has 4 nitrogen and oxygen atoms in total. The summed E-state index contributed by atoms with van der Waals surface area (Å²) < 4.78 is 5.33. The molecule has 0 saturated heterocycles. The van der Waals surface area contributed by atoms with E-state index in [1.807, 2.05) is 0 Å². The Morgan fingerprint density at radius 3 is 2.59 bits per heavy atom. The Morgan fingerprint density at radius 2 is 1.88 bits per heavy atom. The van der Waals surface area contributed by atoms with E-state index in [1.54, 1.807) is 0 Å². The molecular weight excluding hydrogens is 216 g/mol. The molecule has 0 aromatic carbocycles. The van der Waals surface area contributed by atoms with Gasteiger partial charge >= 0.3 is 0 Å². The molecule has 3 N–H and O–H groups in total. The Labute approximate surface area is 105 Å². The molecule has 0 atom stereocenters. The number of unbranched alkanes of at least 4 members (excludes halogenated alkanes) is 3. The highest BCUT2D eigenvalue weighted by atomic mass is 16.5. The summed E-state index contributed by atoms with van der Waals surface area (Å²) >= 11 is 0. The largest absolute Gasteiger partial charge is 0.381 e. The van der Waals surface area contributed by atoms with Gasteiger partial charge in [0.05, 0.1) is 0 Å². The number of hydrogen-bond acceptors (Lipinski definition) is 3. The zero-order valence-electron chi connectivity index (χ0n) is 11.2. The fraction of sp³-hybridized carbons (Fsp3) is 0.923. The van der Waals surface area contributed by atoms with E-state index >= 15 is 0 Å². The maximum absolute atomic E-state index is 11.4. The van der Waals surface area contributed by atoms with Crippen LogP contribution in [0.1, 0.15) is 51.9 Å². The lowest BCUT2D eigenvalue weighted by Gasteiger charge is -2.05. The number of amides is 1. The van der Waals surface area contributed by atoms with Gasteiger partial charge in [-0.25, -0.2) is 0 Å². The minimum absolute atomic E-state index is 0.160. The molecular formula is C13H28N2O2. The summed E-state index contributed by atoms with van der Waals surface area (Å²) in [5.41, 5.74) is 5.40. The van der Waals surface area contributed by atoms with Gasteiger partial charge in [-0.2, -0.15) is 0 Å². The van der Waals surface area contributed by atoms with Crippen LogP contribution in [0.3, 0.4) is 0 Å². The van der Waals surface area contributed by atoms with Crippen molar-refractivity contribution < 1.29 is 9.53 Å². The zero-order chi connectivity index (χ0) is 12.8. The van der Waals surface area contributed by atoms with Crippen LogP contribution in [0.4, 0.5) is 0 Å². The third kappa shape index (κ3) is 13.3. The van der Waals surface area contributed by atoms with Gasteiger partial charge in [-0.05, 0) is 32.2 Å². The van der Waals surface area contributed by atoms with Crippen LogP contribution >= 0.6 is 0 Å². The van der Waals surface area contributed by atoms with E-state index in [1.165, 1.54) is 0 Å². The number of rotatable bonds is 12. The molecule has 0 aromatic rings. The van der Waals surface area contributed by atoms with Gasteiger partial charge in [0.25, 0.3) is 0 Å². The summed E-state index contributed by atoms with van der Waals surface area (Å²) in [7, 11) is 0. The van der Waals surface area contributed by atoms with Gasteiger partial charge in [0.2, 0.25) is 5.91 Å². The molecule has 1 amide bonds. The van der Waals surface area contributed by atoms with Crippen LogP contribution < -0.4 is 11.1 Å². The first kappa shape index (κ1) is 16.4. The Hall–Kier alpha value is -0.610. The fourth-order valence-corrected chi connectivity index (χ4v) is 1.52. The number of carbonyl (C=O) groups excluding carboxylic acids is 1. The fourth-order valence-electron chi connectivity index (χ4n) is 1.52. The van der Waals surface area contributed by atoms with Gasteiger partial charge in [-0.1, -0.05) is 19.8 Å². The van der Waals surface area contributed by atoms with Gasteiger partial charge in [0.1, 0.15) is 0 Å². The van der Waals surface area contributed by atoms with E-state index < -0.39 is 0 Å². The molecule has 0 aliphatic rings. The Kier molecular flexibility index (Phi) is 13.0. The van der Waals surface area contributed by atoms with Crippen molar-refractivity contribution in [2.45, 2.75) is 51.9 Å². The number of carbonyl (C=O) groups is 1. The summed E-state index contributed by atoms with van der Waals surface area (Å²) in [6, 6.07) is 0. The van der Waals surface area contributed by atoms with Crippen LogP contribution in [0.5, 0.6) is 0 Å². The highest BCUT2D eigenvalue weighted by Gasteiger charge is 1.99. The predicted octanol–water partition coefficient (Wildman–Crippen LogP) is 1.83. The molecule has 0 spiro atoms. The summed E-state index contributed by atoms with van der Waals surface area (Å²) in [5, 5.41) is 2.91. The van der Waals surface area contributed by atoms with Gasteiger partial charge < -0.3 is 15.8 Å². The molecule has 0 aliphatic heterocycles. The van der Waals surface area contributed by atoms with Gasteiger partial charge in [-0.15, -0.1) is 0 Å². The number of ether oxygens (including phenoxy) is 1. The van der Waals surface area contributed by atoms with E-state index in [-0.39, 0.29) is 5.91 Å². The Balaban J connectivity index is 3.12. The second kappa shape index (κ2) is 13.5. The summed E-state index contributed by atoms with van der Waals surface area (Å²) in [4.78, 5) is 11.4. The number of hydrogen-bond donors (Lipinski definition) is 2. The van der Waals surface area contributed by atoms with Gasteiger partial charge in [0, 0.05) is 26.2 Å². The maximum Gasteiger partial charge on any atom is 0.219 e. The normalized spacial score (nSPS) is 10.5. The van der Waals surface area contributed by atoms with Crippen LogP contribution in [0, 0.1) is 0 Å². The third-order valence-corrected chi connectivity index (χ3v) is 2.49. The molecule has 4 heteroatoms. The highest BCUT2D eigenvalue weighted by Crippen LogP contribution is 2.01. The maximum atomic E-state index is 11.4. The van der Waals surface area contributed by atoms with Crippen molar-refractivity contribution in [1.29, 1.82) is 0 Å². The van der Waals surface area contributed by atoms with E-state index in [0.29, 0.717) is 6.42 Å². The summed E-state index contributed by atoms with van der Waals surface area (Å²) in [6.45, 7) is 5.13. The molecule has 0 aliphatic carbocycles. The molecule has 0 fully saturated rings. The van der Waals surface area contributed by atoms with E-state index in [9.17, 15) is 4.79 Å². The lowest BCUT2D eigenvalue weighted by atomic mass is 10.1. The van der Waals surface area contributed by atoms with Crippen molar-refractivity contribution in [1.82, 2.24) is 5.32 Å². The average molecular weight is 244 g/mol. The van der Waals surface area contributed by atoms with Gasteiger partial charge in [0.15, 0.2) is 0 Å². The first-order valence-corrected chi connectivity index (χ1v) is 6.85. The molecule has 17 heavy (non-hydrogen) atoms. The van der Waals surface area contributed by atoms with Crippen molar-refractivity contribution in [3.05, 3.63) is 0 Å². The highest BCUT2D eigenvalue weighted by molar-refractivity contribution is 5.75. The first-order chi connectivity index (χ1) is 8.31. The monoisotopic (exact) mass is 244 g/mol. The second-order valence-electron chi connectivity index (χ2n) is 4.27. The van der Waals surface area contributed by atoms with E-state index in [0.717, 1.165) is 64.8 Å². The van der Waals surface area contributed by atoms with Crippen LogP contribution in [-0.4, -0.2) is 32.2 Å². The lowest BCUT2D eigenvalue weighted by molar-refractivity contribution is -0.121. The second-order valence-corrected chi connectivity index (χ2v) is 4.27. The summed E-state index contributed by atoms with van der Waals surface area (Å²) in [5.74, 6) is 0.160. The minimum atomic E-state index is 0.160. The molecule has 0 rings (SSSR count). The Bertz CT molecular complexity index is 175. The van der Waals surface area contributed by atoms with Crippen LogP contribution in [0.2, 0.25) is 0 Å². The van der Waals surface area contributed by atoms with Crippen LogP contribution in [0.15, 0.2) is 0 Å². The minimum Gasteiger partial charge on any atom is -0.381 e. The molecule has 0 radical (unpaired) electrons. The molecule has 0 unspecified atom stereocenters. The Morgan fingerprint density at radius 1 is 1.12 bits per heavy atom. The number of nitrogens with one attached hydrogen (secondary N) is 1. The van der Waals surface area contributed by atoms with Crippen molar-refractivity contribution in [2.75, 3.05) is 26.3 Å². The smallest absolute Gasteiger partial charge is 0.219 e. The molecule has 102 valence electrons. The summed E-state index contributed by atoms with van der Waals surface area (Å²) in [6.07, 6.45) is 6.86. The molecule has 0 heterocycles. The average Bonchev–Trinajstić information content (AvgIpc) is 2.33. The van der Waals surface area contributed by atoms with E-state index in [4.69, 9.17) is 10.5 Å². The standard InChI is InChI=1S/C13H28N2O2/c1-2-11-17-12-7-10-15-13(16)8-5-3-4-6-9-14/h2-12,14H2,1H3,(H,15,16). The first-order valence-electron chi connectivity index (χ1n) is 6.85. The predicted molar refractivity (Wildman–Crippen MR) is 70.9 cm³/mol. The van der Waals surface area contributed by atoms with E-state index in [2.05, 4.69) is 12.2 Å². The molecule has 0 saturated carbocycles. The van der Waals surface area contributed by atoms with Crippen molar-refractivity contribution in [3.8, 4) is 0 Å². The number of nitrogens with two attached hydrogens (primary N) is 1. The SMILES string of the molecule is CCCOCCCNC(=O)CCCCCCN. The molecule has 0 bridgehead atoms. The lowest BCUT2D eigenvalue weighted by Crippen LogP contribution is -2.24. The zero-order valence-corrected chi connectivity index (χ0v) is 11.2. The van der Waals surface area contributed by atoms with Crippen molar-refractivity contribution >= 4 is 5.91 Å². The van der Waals surface area contributed by atoms with Gasteiger partial charge in [-0.3, -0.25) is 4.79 Å². The molecule has 0 aromatic heterocycles. The quantitative estimate of drug-likeness (QED) is 0.515. The van der Waals surface area contributed by atoms with Crippen LogP contribution in [0.25, 0.3) is 0 Å². The van der Waals surface area contributed by atoms with Crippen molar-refractivity contribution in [2.24, 2.45) is 5.73 Å². The van der Waals surface area contributed by atoms with Crippen molar-refractivity contribution in [3.63, 3.8) is 0 Å². The third-order valence-electron chi connectivity index (χ3n) is 2.49.